The van der Waals surface area contributed by atoms with Crippen molar-refractivity contribution in [3.8, 4) is 11.8 Å². The van der Waals surface area contributed by atoms with E-state index in [0.29, 0.717) is 19.8 Å². The Morgan fingerprint density at radius 3 is 2.67 bits per heavy atom. The lowest BCUT2D eigenvalue weighted by atomic mass is 10.2. The van der Waals surface area contributed by atoms with Crippen LogP contribution in [0.3, 0.4) is 0 Å². The molecule has 0 aromatic carbocycles. The van der Waals surface area contributed by atoms with Crippen LogP contribution in [0.1, 0.15) is 20.8 Å². The van der Waals surface area contributed by atoms with Gasteiger partial charge in [0, 0.05) is 0 Å². The van der Waals surface area contributed by atoms with Crippen LogP contribution >= 0.6 is 0 Å². The maximum absolute atomic E-state index is 9.89. The first-order valence-corrected chi connectivity index (χ1v) is 10.2. The summed E-state index contributed by atoms with van der Waals surface area (Å²) in [4.78, 5) is 0. The Balaban J connectivity index is 2.29. The fourth-order valence-corrected chi connectivity index (χ4v) is 2.51. The van der Waals surface area contributed by atoms with Crippen LogP contribution in [0, 0.1) is 11.8 Å². The normalized spacial score (nSPS) is 23.1. The van der Waals surface area contributed by atoms with Crippen LogP contribution in [0.4, 0.5) is 0 Å². The molecule has 1 rings (SSSR count). The molecular weight excluding hydrogens is 284 g/mol. The smallest absolute Gasteiger partial charge is 0.192 e. The summed E-state index contributed by atoms with van der Waals surface area (Å²) in [7, 11) is -1.76. The van der Waals surface area contributed by atoms with E-state index in [-0.39, 0.29) is 17.2 Å². The Labute approximate surface area is 129 Å². The summed E-state index contributed by atoms with van der Waals surface area (Å²) >= 11 is 0. The van der Waals surface area contributed by atoms with Gasteiger partial charge in [-0.05, 0) is 18.1 Å². The van der Waals surface area contributed by atoms with Crippen molar-refractivity contribution in [2.45, 2.75) is 57.2 Å². The molecule has 0 unspecified atom stereocenters. The summed E-state index contributed by atoms with van der Waals surface area (Å²) < 4.78 is 16.7. The lowest BCUT2D eigenvalue weighted by molar-refractivity contribution is 0.181. The van der Waals surface area contributed by atoms with Gasteiger partial charge in [0.2, 0.25) is 0 Å². The van der Waals surface area contributed by atoms with Crippen LogP contribution in [0.2, 0.25) is 18.1 Å². The summed E-state index contributed by atoms with van der Waals surface area (Å²) in [5.74, 6) is 5.51. The van der Waals surface area contributed by atoms with Gasteiger partial charge in [0.05, 0.1) is 13.2 Å². The highest BCUT2D eigenvalue weighted by Crippen LogP contribution is 2.37. The monoisotopic (exact) mass is 312 g/mol. The van der Waals surface area contributed by atoms with Crippen LogP contribution < -0.4 is 0 Å². The quantitative estimate of drug-likeness (QED) is 0.258. The Morgan fingerprint density at radius 2 is 2.10 bits per heavy atom. The Bertz CT molecular complexity index is 403. The molecule has 5 heteroatoms. The molecule has 1 aliphatic heterocycles. The molecule has 0 radical (unpaired) electrons. The van der Waals surface area contributed by atoms with E-state index in [9.17, 15) is 5.11 Å². The number of ether oxygens (including phenoxy) is 2. The molecule has 3 atom stereocenters. The van der Waals surface area contributed by atoms with Gasteiger partial charge in [0.25, 0.3) is 0 Å². The Hall–Kier alpha value is -0.643. The molecule has 0 saturated carbocycles. The van der Waals surface area contributed by atoms with Crippen molar-refractivity contribution < 1.29 is 19.0 Å². The van der Waals surface area contributed by atoms with E-state index in [1.165, 1.54) is 0 Å². The Kier molecular flexibility index (Phi) is 6.63. The minimum absolute atomic E-state index is 0.0440. The zero-order valence-corrected chi connectivity index (χ0v) is 14.8. The first-order chi connectivity index (χ1) is 9.69. The van der Waals surface area contributed by atoms with Gasteiger partial charge in [-0.3, -0.25) is 0 Å². The van der Waals surface area contributed by atoms with Crippen molar-refractivity contribution in [3.05, 3.63) is 12.7 Å². The molecule has 0 amide bonds. The Morgan fingerprint density at radius 1 is 1.43 bits per heavy atom. The van der Waals surface area contributed by atoms with Crippen molar-refractivity contribution in [1.29, 1.82) is 0 Å². The molecule has 1 saturated heterocycles. The van der Waals surface area contributed by atoms with Gasteiger partial charge >= 0.3 is 0 Å². The van der Waals surface area contributed by atoms with E-state index in [1.807, 2.05) is 0 Å². The molecule has 0 aliphatic carbocycles. The van der Waals surface area contributed by atoms with Crippen molar-refractivity contribution in [1.82, 2.24) is 0 Å². The van der Waals surface area contributed by atoms with Crippen LogP contribution in [-0.4, -0.2) is 51.6 Å². The van der Waals surface area contributed by atoms with Crippen molar-refractivity contribution in [3.63, 3.8) is 0 Å². The summed E-state index contributed by atoms with van der Waals surface area (Å²) in [6.45, 7) is 15.9. The molecule has 120 valence electrons. The molecule has 0 aromatic rings. The summed E-state index contributed by atoms with van der Waals surface area (Å²) in [6, 6.07) is 0. The second-order valence-electron chi connectivity index (χ2n) is 6.78. The molecule has 1 fully saturated rings. The summed E-state index contributed by atoms with van der Waals surface area (Å²) in [5.41, 5.74) is 0. The van der Waals surface area contributed by atoms with Gasteiger partial charge in [-0.25, -0.2) is 0 Å². The second kappa shape index (κ2) is 7.57. The van der Waals surface area contributed by atoms with E-state index in [0.717, 1.165) is 0 Å². The number of hydrogen-bond acceptors (Lipinski definition) is 4. The van der Waals surface area contributed by atoms with Gasteiger partial charge in [0.15, 0.2) is 8.32 Å². The first-order valence-electron chi connectivity index (χ1n) is 7.33. The number of hydrogen-bond donors (Lipinski definition) is 1. The third-order valence-corrected chi connectivity index (χ3v) is 8.51. The maximum Gasteiger partial charge on any atom is 0.192 e. The highest BCUT2D eigenvalue weighted by molar-refractivity contribution is 6.74. The second-order valence-corrected chi connectivity index (χ2v) is 11.6. The molecule has 21 heavy (non-hydrogen) atoms. The van der Waals surface area contributed by atoms with Gasteiger partial charge in [-0.1, -0.05) is 38.7 Å². The predicted molar refractivity (Wildman–Crippen MR) is 86.6 cm³/mol. The molecule has 0 bridgehead atoms. The lowest BCUT2D eigenvalue weighted by Gasteiger charge is -2.36. The third-order valence-electron chi connectivity index (χ3n) is 4.01. The summed E-state index contributed by atoms with van der Waals surface area (Å²) in [6.07, 6.45) is 0.612. The van der Waals surface area contributed by atoms with E-state index in [1.54, 1.807) is 6.08 Å². The molecule has 4 nitrogen and oxygen atoms in total. The minimum Gasteiger partial charge on any atom is -0.414 e. The van der Waals surface area contributed by atoms with E-state index >= 15 is 0 Å². The SMILES string of the molecule is C=CCOCC#C[C@@H](O)[C@@H]1O[C@@H]1CO[Si](C)(C)C(C)(C)C. The van der Waals surface area contributed by atoms with Crippen molar-refractivity contribution in [2.75, 3.05) is 19.8 Å². The largest absolute Gasteiger partial charge is 0.414 e. The first kappa shape index (κ1) is 18.4. The average molecular weight is 312 g/mol. The van der Waals surface area contributed by atoms with Crippen LogP contribution in [0.25, 0.3) is 0 Å². The highest BCUT2D eigenvalue weighted by Gasteiger charge is 2.46. The van der Waals surface area contributed by atoms with Gasteiger partial charge in [-0.2, -0.15) is 0 Å². The fraction of sp³-hybridized carbons (Fsp3) is 0.750. The minimum atomic E-state index is -1.76. The molecule has 1 aliphatic rings. The maximum atomic E-state index is 9.89. The standard InChI is InChI=1S/C16H28O4Si/c1-7-10-18-11-8-9-13(17)15-14(20-15)12-19-21(5,6)16(2,3)4/h7,13-15,17H,1,10-12H2,2-6H3/t13-,14-,15+/m1/s1. The molecule has 0 aromatic heterocycles. The number of epoxide rings is 1. The van der Waals surface area contributed by atoms with Gasteiger partial charge in [0.1, 0.15) is 24.9 Å². The molecular formula is C16H28O4Si. The van der Waals surface area contributed by atoms with E-state index in [4.69, 9.17) is 13.9 Å². The number of rotatable bonds is 7. The van der Waals surface area contributed by atoms with Crippen molar-refractivity contribution >= 4 is 8.32 Å². The summed E-state index contributed by atoms with van der Waals surface area (Å²) in [5, 5.41) is 10.1. The van der Waals surface area contributed by atoms with Crippen LogP contribution in [-0.2, 0) is 13.9 Å². The van der Waals surface area contributed by atoms with Crippen LogP contribution in [0.5, 0.6) is 0 Å². The zero-order chi connectivity index (χ0) is 16.1. The van der Waals surface area contributed by atoms with Crippen molar-refractivity contribution in [2.24, 2.45) is 0 Å². The molecule has 1 heterocycles. The highest BCUT2D eigenvalue weighted by atomic mass is 28.4. The predicted octanol–water partition coefficient (Wildman–Crippen LogP) is 2.34. The number of aliphatic hydroxyl groups excluding tert-OH is 1. The van der Waals surface area contributed by atoms with E-state index in [2.05, 4.69) is 52.3 Å². The van der Waals surface area contributed by atoms with Gasteiger partial charge < -0.3 is 19.0 Å². The van der Waals surface area contributed by atoms with Gasteiger partial charge in [-0.15, -0.1) is 6.58 Å². The lowest BCUT2D eigenvalue weighted by Crippen LogP contribution is -2.42. The number of aliphatic hydroxyl groups is 1. The fourth-order valence-electron chi connectivity index (χ4n) is 1.50. The van der Waals surface area contributed by atoms with E-state index < -0.39 is 14.4 Å². The third kappa shape index (κ3) is 5.93. The molecule has 1 N–H and O–H groups in total. The average Bonchev–Trinajstić information content (AvgIpc) is 3.14. The molecule has 0 spiro atoms. The van der Waals surface area contributed by atoms with Crippen LogP contribution in [0.15, 0.2) is 12.7 Å². The zero-order valence-electron chi connectivity index (χ0n) is 13.8. The topological polar surface area (TPSA) is 51.2 Å².